The van der Waals surface area contributed by atoms with Crippen LogP contribution in [0.1, 0.15) is 27.3 Å². The summed E-state index contributed by atoms with van der Waals surface area (Å²) in [6, 6.07) is 4.91. The van der Waals surface area contributed by atoms with Crippen LogP contribution in [0, 0.1) is 0 Å². The zero-order valence-corrected chi connectivity index (χ0v) is 9.33. The number of hydrogen-bond donors (Lipinski definition) is 0. The van der Waals surface area contributed by atoms with E-state index in [2.05, 4.69) is 10.1 Å². The van der Waals surface area contributed by atoms with E-state index in [1.165, 1.54) is 17.1 Å². The molecule has 5 nitrogen and oxygen atoms in total. The number of ketones is 2. The predicted molar refractivity (Wildman–Crippen MR) is 60.7 cm³/mol. The molecule has 0 N–H and O–H groups in total. The fraction of sp³-hybridized carbons (Fsp3) is 0.167. The molecule has 0 spiro atoms. The Hall–Kier alpha value is -2.30. The molecule has 2 aromatic rings. The summed E-state index contributed by atoms with van der Waals surface area (Å²) in [6.07, 6.45) is 4.41. The summed E-state index contributed by atoms with van der Waals surface area (Å²) < 4.78 is 1.46. The van der Waals surface area contributed by atoms with Crippen LogP contribution in [0.5, 0.6) is 0 Å². The van der Waals surface area contributed by atoms with E-state index in [1.54, 1.807) is 31.4 Å². The van der Waals surface area contributed by atoms with Crippen molar-refractivity contribution in [2.45, 2.75) is 6.42 Å². The van der Waals surface area contributed by atoms with Crippen LogP contribution in [-0.4, -0.2) is 26.3 Å². The average Bonchev–Trinajstić information content (AvgIpc) is 2.76. The van der Waals surface area contributed by atoms with Gasteiger partial charge in [-0.15, -0.1) is 0 Å². The van der Waals surface area contributed by atoms with Crippen molar-refractivity contribution in [3.8, 4) is 0 Å². The highest BCUT2D eigenvalue weighted by atomic mass is 16.1. The SMILES string of the molecule is Cn1nccc1C(=O)CC(=O)c1cccnc1. The largest absolute Gasteiger partial charge is 0.294 e. The van der Waals surface area contributed by atoms with Crippen LogP contribution in [0.4, 0.5) is 0 Å². The van der Waals surface area contributed by atoms with Crippen molar-refractivity contribution >= 4 is 11.6 Å². The number of carbonyl (C=O) groups excluding carboxylic acids is 2. The zero-order chi connectivity index (χ0) is 12.3. The third-order valence-electron chi connectivity index (χ3n) is 2.41. The van der Waals surface area contributed by atoms with Crippen LogP contribution < -0.4 is 0 Å². The molecule has 0 atom stereocenters. The molecule has 5 heteroatoms. The van der Waals surface area contributed by atoms with Gasteiger partial charge in [0.25, 0.3) is 0 Å². The summed E-state index contributed by atoms with van der Waals surface area (Å²) in [6.45, 7) is 0. The lowest BCUT2D eigenvalue weighted by Gasteiger charge is -2.01. The Morgan fingerprint density at radius 2 is 2.06 bits per heavy atom. The highest BCUT2D eigenvalue weighted by Crippen LogP contribution is 2.07. The second-order valence-electron chi connectivity index (χ2n) is 3.60. The molecule has 0 aliphatic rings. The third kappa shape index (κ3) is 2.44. The van der Waals surface area contributed by atoms with Gasteiger partial charge in [0.05, 0.1) is 6.42 Å². The summed E-state index contributed by atoms with van der Waals surface area (Å²) in [4.78, 5) is 27.4. The van der Waals surface area contributed by atoms with Gasteiger partial charge >= 0.3 is 0 Å². The number of Topliss-reactive ketones (excluding diaryl/α,β-unsaturated/α-hetero) is 2. The van der Waals surface area contributed by atoms with E-state index < -0.39 is 0 Å². The van der Waals surface area contributed by atoms with Gasteiger partial charge in [-0.2, -0.15) is 5.10 Å². The van der Waals surface area contributed by atoms with Crippen molar-refractivity contribution in [3.05, 3.63) is 48.0 Å². The van der Waals surface area contributed by atoms with E-state index in [1.807, 2.05) is 0 Å². The number of hydrogen-bond acceptors (Lipinski definition) is 4. The fourth-order valence-corrected chi connectivity index (χ4v) is 1.51. The van der Waals surface area contributed by atoms with Gasteiger partial charge in [-0.25, -0.2) is 0 Å². The van der Waals surface area contributed by atoms with Crippen LogP contribution in [0.25, 0.3) is 0 Å². The number of aryl methyl sites for hydroxylation is 1. The molecule has 0 unspecified atom stereocenters. The molecule has 0 radical (unpaired) electrons. The molecular weight excluding hydrogens is 218 g/mol. The van der Waals surface area contributed by atoms with Crippen molar-refractivity contribution in [2.24, 2.45) is 7.05 Å². The number of carbonyl (C=O) groups is 2. The lowest BCUT2D eigenvalue weighted by molar-refractivity contribution is 0.0889. The monoisotopic (exact) mass is 229 g/mol. The molecule has 0 saturated heterocycles. The highest BCUT2D eigenvalue weighted by Gasteiger charge is 2.15. The number of pyridine rings is 1. The summed E-state index contributed by atoms with van der Waals surface area (Å²) in [7, 11) is 1.67. The number of aromatic nitrogens is 3. The van der Waals surface area contributed by atoms with Crippen LogP contribution >= 0.6 is 0 Å². The molecule has 0 aliphatic carbocycles. The van der Waals surface area contributed by atoms with E-state index >= 15 is 0 Å². The Bertz CT molecular complexity index is 546. The second-order valence-corrected chi connectivity index (χ2v) is 3.60. The first-order valence-electron chi connectivity index (χ1n) is 5.13. The summed E-state index contributed by atoms with van der Waals surface area (Å²) >= 11 is 0. The Balaban J connectivity index is 2.10. The van der Waals surface area contributed by atoms with Crippen molar-refractivity contribution < 1.29 is 9.59 Å². The lowest BCUT2D eigenvalue weighted by atomic mass is 10.1. The smallest absolute Gasteiger partial charge is 0.188 e. The van der Waals surface area contributed by atoms with Crippen molar-refractivity contribution in [1.82, 2.24) is 14.8 Å². The van der Waals surface area contributed by atoms with Gasteiger partial charge in [0.2, 0.25) is 0 Å². The van der Waals surface area contributed by atoms with Gasteiger partial charge < -0.3 is 0 Å². The lowest BCUT2D eigenvalue weighted by Crippen LogP contribution is -2.12. The van der Waals surface area contributed by atoms with Crippen molar-refractivity contribution in [1.29, 1.82) is 0 Å². The average molecular weight is 229 g/mol. The first-order chi connectivity index (χ1) is 8.18. The van der Waals surface area contributed by atoms with Gasteiger partial charge in [0, 0.05) is 31.2 Å². The molecule has 2 aromatic heterocycles. The van der Waals surface area contributed by atoms with E-state index in [-0.39, 0.29) is 18.0 Å². The van der Waals surface area contributed by atoms with E-state index in [4.69, 9.17) is 0 Å². The minimum absolute atomic E-state index is 0.161. The molecule has 86 valence electrons. The van der Waals surface area contributed by atoms with Crippen LogP contribution in [0.2, 0.25) is 0 Å². The predicted octanol–water partition coefficient (Wildman–Crippen LogP) is 1.27. The van der Waals surface area contributed by atoms with Crippen LogP contribution in [0.15, 0.2) is 36.8 Å². The molecule has 0 amide bonds. The molecule has 17 heavy (non-hydrogen) atoms. The molecule has 0 fully saturated rings. The molecule has 0 aliphatic heterocycles. The Morgan fingerprint density at radius 3 is 2.65 bits per heavy atom. The number of rotatable bonds is 4. The molecule has 0 bridgehead atoms. The fourth-order valence-electron chi connectivity index (χ4n) is 1.51. The van der Waals surface area contributed by atoms with Gasteiger partial charge in [0.1, 0.15) is 5.69 Å². The van der Waals surface area contributed by atoms with E-state index in [0.717, 1.165) is 0 Å². The quantitative estimate of drug-likeness (QED) is 0.585. The Morgan fingerprint density at radius 1 is 1.24 bits per heavy atom. The minimum Gasteiger partial charge on any atom is -0.294 e. The highest BCUT2D eigenvalue weighted by molar-refractivity contribution is 6.12. The molecule has 0 aromatic carbocycles. The van der Waals surface area contributed by atoms with Crippen molar-refractivity contribution in [2.75, 3.05) is 0 Å². The summed E-state index contributed by atoms with van der Waals surface area (Å²) in [5.74, 6) is -0.469. The van der Waals surface area contributed by atoms with Crippen molar-refractivity contribution in [3.63, 3.8) is 0 Å². The number of nitrogens with zero attached hydrogens (tertiary/aromatic N) is 3. The second kappa shape index (κ2) is 4.69. The first kappa shape index (κ1) is 11.2. The van der Waals surface area contributed by atoms with Crippen LogP contribution in [-0.2, 0) is 7.05 Å². The maximum Gasteiger partial charge on any atom is 0.188 e. The first-order valence-corrected chi connectivity index (χ1v) is 5.13. The van der Waals surface area contributed by atoms with Gasteiger partial charge in [-0.3, -0.25) is 19.3 Å². The Kier molecular flexibility index (Phi) is 3.09. The maximum atomic E-state index is 11.8. The zero-order valence-electron chi connectivity index (χ0n) is 9.33. The van der Waals surface area contributed by atoms with E-state index in [9.17, 15) is 9.59 Å². The van der Waals surface area contributed by atoms with E-state index in [0.29, 0.717) is 11.3 Å². The summed E-state index contributed by atoms with van der Waals surface area (Å²) in [5, 5.41) is 3.89. The molecular formula is C12H11N3O2. The maximum absolute atomic E-state index is 11.8. The van der Waals surface area contributed by atoms with Gasteiger partial charge in [-0.05, 0) is 18.2 Å². The Labute approximate surface area is 98.1 Å². The standard InChI is InChI=1S/C12H11N3O2/c1-15-10(4-6-14-15)12(17)7-11(16)9-3-2-5-13-8-9/h2-6,8H,7H2,1H3. The molecule has 2 rings (SSSR count). The minimum atomic E-state index is -0.237. The summed E-state index contributed by atoms with van der Waals surface area (Å²) in [5.41, 5.74) is 0.880. The van der Waals surface area contributed by atoms with Crippen LogP contribution in [0.3, 0.4) is 0 Å². The molecule has 2 heterocycles. The molecule has 0 saturated carbocycles. The third-order valence-corrected chi connectivity index (χ3v) is 2.41. The topological polar surface area (TPSA) is 64.8 Å². The van der Waals surface area contributed by atoms with Gasteiger partial charge in [-0.1, -0.05) is 0 Å². The normalized spacial score (nSPS) is 10.2. The van der Waals surface area contributed by atoms with Gasteiger partial charge in [0.15, 0.2) is 11.6 Å².